The predicted molar refractivity (Wildman–Crippen MR) is 78.7 cm³/mol. The van der Waals surface area contributed by atoms with E-state index in [1.165, 1.54) is 0 Å². The van der Waals surface area contributed by atoms with Crippen molar-refractivity contribution in [2.24, 2.45) is 5.73 Å². The van der Waals surface area contributed by atoms with Crippen LogP contribution in [0.1, 0.15) is 15.9 Å². The molecule has 0 saturated heterocycles. The largest absolute Gasteiger partial charge is 0.326 e. The van der Waals surface area contributed by atoms with E-state index in [0.717, 1.165) is 5.56 Å². The molecule has 0 aliphatic rings. The molecule has 19 heavy (non-hydrogen) atoms. The Kier molecular flexibility index (Phi) is 4.43. The van der Waals surface area contributed by atoms with Gasteiger partial charge in [-0.1, -0.05) is 47.5 Å². The highest BCUT2D eigenvalue weighted by Crippen LogP contribution is 2.30. The summed E-state index contributed by atoms with van der Waals surface area (Å²) < 4.78 is 0. The Balaban J connectivity index is 2.31. The van der Waals surface area contributed by atoms with Gasteiger partial charge in [0, 0.05) is 12.1 Å². The van der Waals surface area contributed by atoms with Gasteiger partial charge >= 0.3 is 0 Å². The van der Waals surface area contributed by atoms with Crippen LogP contribution in [-0.2, 0) is 6.54 Å². The first-order chi connectivity index (χ1) is 9.13. The van der Waals surface area contributed by atoms with Crippen molar-refractivity contribution in [2.75, 3.05) is 5.32 Å². The molecular formula is C14H12Cl2N2O. The van der Waals surface area contributed by atoms with Gasteiger partial charge in [-0.05, 0) is 23.8 Å². The normalized spacial score (nSPS) is 10.3. The van der Waals surface area contributed by atoms with E-state index in [2.05, 4.69) is 5.32 Å². The maximum atomic E-state index is 12.2. The number of anilines is 1. The third-order valence-electron chi connectivity index (χ3n) is 2.68. The van der Waals surface area contributed by atoms with Crippen molar-refractivity contribution in [3.05, 3.63) is 63.6 Å². The molecule has 0 heterocycles. The van der Waals surface area contributed by atoms with Gasteiger partial charge in [0.2, 0.25) is 0 Å². The first kappa shape index (κ1) is 13.9. The second-order valence-corrected chi connectivity index (χ2v) is 4.73. The van der Waals surface area contributed by atoms with E-state index in [4.69, 9.17) is 28.9 Å². The zero-order chi connectivity index (χ0) is 13.8. The summed E-state index contributed by atoms with van der Waals surface area (Å²) >= 11 is 12.0. The van der Waals surface area contributed by atoms with Gasteiger partial charge in [0.15, 0.2) is 0 Å². The molecule has 2 rings (SSSR count). The molecule has 0 spiro atoms. The lowest BCUT2D eigenvalue weighted by Crippen LogP contribution is -2.16. The molecule has 1 amide bonds. The molecule has 0 atom stereocenters. The number of rotatable bonds is 3. The van der Waals surface area contributed by atoms with Gasteiger partial charge in [-0.3, -0.25) is 4.79 Å². The number of hydrogen-bond donors (Lipinski definition) is 2. The van der Waals surface area contributed by atoms with Crippen molar-refractivity contribution in [3.8, 4) is 0 Å². The number of halogens is 2. The molecule has 2 aromatic rings. The Morgan fingerprint density at radius 2 is 1.68 bits per heavy atom. The number of carbonyl (C=O) groups excluding carboxylic acids is 1. The first-order valence-corrected chi connectivity index (χ1v) is 6.42. The number of benzene rings is 2. The van der Waals surface area contributed by atoms with Crippen LogP contribution in [0.15, 0.2) is 42.5 Å². The number of para-hydroxylation sites is 1. The fourth-order valence-electron chi connectivity index (χ4n) is 1.72. The van der Waals surface area contributed by atoms with Crippen LogP contribution in [-0.4, -0.2) is 5.91 Å². The lowest BCUT2D eigenvalue weighted by atomic mass is 10.1. The van der Waals surface area contributed by atoms with E-state index < -0.39 is 0 Å². The highest BCUT2D eigenvalue weighted by atomic mass is 35.5. The number of nitrogens with one attached hydrogen (secondary N) is 1. The Bertz CT molecular complexity index is 594. The van der Waals surface area contributed by atoms with Gasteiger partial charge in [0.05, 0.1) is 15.7 Å². The number of nitrogens with two attached hydrogens (primary N) is 1. The Hall–Kier alpha value is -1.55. The van der Waals surface area contributed by atoms with Crippen LogP contribution < -0.4 is 11.1 Å². The molecule has 0 unspecified atom stereocenters. The lowest BCUT2D eigenvalue weighted by molar-refractivity contribution is 0.102. The minimum absolute atomic E-state index is 0.281. The Morgan fingerprint density at radius 3 is 2.32 bits per heavy atom. The van der Waals surface area contributed by atoms with Gasteiger partial charge in [0.25, 0.3) is 5.91 Å². The molecule has 0 aliphatic carbocycles. The molecular weight excluding hydrogens is 283 g/mol. The molecule has 3 N–H and O–H groups in total. The number of carbonyl (C=O) groups is 1. The van der Waals surface area contributed by atoms with Gasteiger partial charge in [-0.15, -0.1) is 0 Å². The monoisotopic (exact) mass is 294 g/mol. The van der Waals surface area contributed by atoms with Gasteiger partial charge < -0.3 is 11.1 Å². The summed E-state index contributed by atoms with van der Waals surface area (Å²) in [5.74, 6) is -0.281. The molecule has 0 saturated carbocycles. The van der Waals surface area contributed by atoms with Crippen molar-refractivity contribution in [2.45, 2.75) is 6.54 Å². The van der Waals surface area contributed by atoms with Gasteiger partial charge in [-0.2, -0.15) is 0 Å². The maximum absolute atomic E-state index is 12.2. The fraction of sp³-hybridized carbons (Fsp3) is 0.0714. The van der Waals surface area contributed by atoms with Crippen LogP contribution in [0.3, 0.4) is 0 Å². The minimum Gasteiger partial charge on any atom is -0.326 e. The highest BCUT2D eigenvalue weighted by Gasteiger charge is 2.13. The maximum Gasteiger partial charge on any atom is 0.256 e. The molecule has 5 heteroatoms. The van der Waals surface area contributed by atoms with E-state index in [1.807, 2.05) is 12.1 Å². The zero-order valence-electron chi connectivity index (χ0n) is 9.99. The molecule has 98 valence electrons. The van der Waals surface area contributed by atoms with Crippen molar-refractivity contribution < 1.29 is 4.79 Å². The molecule has 0 radical (unpaired) electrons. The van der Waals surface area contributed by atoms with Crippen molar-refractivity contribution >= 4 is 34.8 Å². The van der Waals surface area contributed by atoms with Gasteiger partial charge in [-0.25, -0.2) is 0 Å². The third-order valence-corrected chi connectivity index (χ3v) is 3.31. The van der Waals surface area contributed by atoms with E-state index in [0.29, 0.717) is 27.8 Å². The van der Waals surface area contributed by atoms with Crippen molar-refractivity contribution in [1.82, 2.24) is 0 Å². The van der Waals surface area contributed by atoms with E-state index >= 15 is 0 Å². The van der Waals surface area contributed by atoms with Crippen LogP contribution in [0.5, 0.6) is 0 Å². The third kappa shape index (κ3) is 3.07. The SMILES string of the molecule is NCc1ccccc1C(=O)Nc1c(Cl)cccc1Cl. The van der Waals surface area contributed by atoms with Crippen LogP contribution in [0.4, 0.5) is 5.69 Å². The van der Waals surface area contributed by atoms with Crippen LogP contribution in [0, 0.1) is 0 Å². The topological polar surface area (TPSA) is 55.1 Å². The van der Waals surface area contributed by atoms with E-state index in [-0.39, 0.29) is 5.91 Å². The Labute approximate surface area is 121 Å². The number of hydrogen-bond acceptors (Lipinski definition) is 2. The van der Waals surface area contributed by atoms with Crippen molar-refractivity contribution in [3.63, 3.8) is 0 Å². The molecule has 0 fully saturated rings. The molecule has 0 aromatic heterocycles. The quantitative estimate of drug-likeness (QED) is 0.907. The summed E-state index contributed by atoms with van der Waals surface area (Å²) in [6.45, 7) is 0.292. The molecule has 0 bridgehead atoms. The number of amides is 1. The summed E-state index contributed by atoms with van der Waals surface area (Å²) in [6.07, 6.45) is 0. The standard InChI is InChI=1S/C14H12Cl2N2O/c15-11-6-3-7-12(16)13(11)18-14(19)10-5-2-1-4-9(10)8-17/h1-7H,8,17H2,(H,18,19). The molecule has 0 aliphatic heterocycles. The molecule has 3 nitrogen and oxygen atoms in total. The zero-order valence-corrected chi connectivity index (χ0v) is 11.5. The summed E-state index contributed by atoms with van der Waals surface area (Å²) in [6, 6.07) is 12.2. The first-order valence-electron chi connectivity index (χ1n) is 5.67. The second kappa shape index (κ2) is 6.06. The minimum atomic E-state index is -0.281. The summed E-state index contributed by atoms with van der Waals surface area (Å²) in [7, 11) is 0. The second-order valence-electron chi connectivity index (χ2n) is 3.91. The van der Waals surface area contributed by atoms with E-state index in [1.54, 1.807) is 30.3 Å². The summed E-state index contributed by atoms with van der Waals surface area (Å²) in [4.78, 5) is 12.2. The van der Waals surface area contributed by atoms with Gasteiger partial charge in [0.1, 0.15) is 0 Å². The van der Waals surface area contributed by atoms with Crippen LogP contribution in [0.25, 0.3) is 0 Å². The van der Waals surface area contributed by atoms with Crippen LogP contribution in [0.2, 0.25) is 10.0 Å². The lowest BCUT2D eigenvalue weighted by Gasteiger charge is -2.11. The highest BCUT2D eigenvalue weighted by molar-refractivity contribution is 6.40. The predicted octanol–water partition coefficient (Wildman–Crippen LogP) is 3.70. The van der Waals surface area contributed by atoms with Crippen molar-refractivity contribution in [1.29, 1.82) is 0 Å². The average molecular weight is 295 g/mol. The summed E-state index contributed by atoms with van der Waals surface area (Å²) in [5.41, 5.74) is 7.30. The summed E-state index contributed by atoms with van der Waals surface area (Å²) in [5, 5.41) is 3.50. The van der Waals surface area contributed by atoms with E-state index in [9.17, 15) is 4.79 Å². The fourth-order valence-corrected chi connectivity index (χ4v) is 2.21. The van der Waals surface area contributed by atoms with Crippen LogP contribution >= 0.6 is 23.2 Å². The smallest absolute Gasteiger partial charge is 0.256 e. The molecule has 2 aromatic carbocycles. The Morgan fingerprint density at radius 1 is 1.05 bits per heavy atom. The average Bonchev–Trinajstić information content (AvgIpc) is 2.42.